The number of carbonyl (C=O) groups is 1. The largest absolute Gasteiger partial charge is 0.351 e. The van der Waals surface area contributed by atoms with Crippen LogP contribution in [0.25, 0.3) is 0 Å². The topological polar surface area (TPSA) is 42.0 Å². The van der Waals surface area contributed by atoms with Crippen LogP contribution in [0.15, 0.2) is 47.6 Å². The number of nitrogens with zero attached hydrogens (tertiary/aromatic N) is 1. The maximum atomic E-state index is 12.1. The number of aromatic nitrogens is 1. The number of pyridine rings is 1. The average Bonchev–Trinajstić information content (AvgIpc) is 2.48. The molecule has 0 bridgehead atoms. The third-order valence-electron chi connectivity index (χ3n) is 3.14. The van der Waals surface area contributed by atoms with E-state index in [0.717, 1.165) is 16.2 Å². The molecule has 1 aromatic carbocycles. The average molecular weight is 300 g/mol. The van der Waals surface area contributed by atoms with Gasteiger partial charge in [-0.15, -0.1) is 0 Å². The summed E-state index contributed by atoms with van der Waals surface area (Å²) in [5, 5.41) is 3.67. The lowest BCUT2D eigenvalue weighted by atomic mass is 10.1. The molecule has 0 saturated carbocycles. The number of thioether (sulfide) groups is 1. The molecule has 4 heteroatoms. The second-order valence-corrected chi connectivity index (χ2v) is 6.50. The fourth-order valence-electron chi connectivity index (χ4n) is 1.80. The SMILES string of the molecule is Cc1ccc(CNC(=O)C(C)Sc2ccc(C)cn2)cc1. The van der Waals surface area contributed by atoms with Crippen LogP contribution >= 0.6 is 11.8 Å². The van der Waals surface area contributed by atoms with Gasteiger partial charge in [0.2, 0.25) is 5.91 Å². The van der Waals surface area contributed by atoms with Gasteiger partial charge in [0, 0.05) is 12.7 Å². The van der Waals surface area contributed by atoms with Crippen molar-refractivity contribution in [1.82, 2.24) is 10.3 Å². The monoisotopic (exact) mass is 300 g/mol. The molecule has 2 rings (SSSR count). The van der Waals surface area contributed by atoms with Crippen LogP contribution in [0.5, 0.6) is 0 Å². The third kappa shape index (κ3) is 4.90. The molecule has 0 aliphatic carbocycles. The molecule has 1 aromatic heterocycles. The summed E-state index contributed by atoms with van der Waals surface area (Å²) in [5.41, 5.74) is 3.45. The first-order valence-electron chi connectivity index (χ1n) is 6.97. The minimum Gasteiger partial charge on any atom is -0.351 e. The molecule has 2 aromatic rings. The summed E-state index contributed by atoms with van der Waals surface area (Å²) in [6.45, 7) is 6.51. The van der Waals surface area contributed by atoms with E-state index in [1.165, 1.54) is 17.3 Å². The van der Waals surface area contributed by atoms with Crippen LogP contribution < -0.4 is 5.32 Å². The van der Waals surface area contributed by atoms with E-state index in [-0.39, 0.29) is 11.2 Å². The first-order valence-corrected chi connectivity index (χ1v) is 7.85. The molecular weight excluding hydrogens is 280 g/mol. The van der Waals surface area contributed by atoms with Crippen molar-refractivity contribution < 1.29 is 4.79 Å². The van der Waals surface area contributed by atoms with Crippen molar-refractivity contribution in [3.8, 4) is 0 Å². The molecule has 1 N–H and O–H groups in total. The Morgan fingerprint density at radius 1 is 1.14 bits per heavy atom. The van der Waals surface area contributed by atoms with Crippen LogP contribution in [0.3, 0.4) is 0 Å². The Bertz CT molecular complexity index is 593. The number of carbonyl (C=O) groups excluding carboxylic acids is 1. The summed E-state index contributed by atoms with van der Waals surface area (Å²) < 4.78 is 0. The van der Waals surface area contributed by atoms with Crippen LogP contribution in [-0.2, 0) is 11.3 Å². The molecular formula is C17H20N2OS. The van der Waals surface area contributed by atoms with Gasteiger partial charge in [0.25, 0.3) is 0 Å². The minimum atomic E-state index is -0.161. The minimum absolute atomic E-state index is 0.0305. The van der Waals surface area contributed by atoms with Crippen molar-refractivity contribution in [1.29, 1.82) is 0 Å². The number of benzene rings is 1. The van der Waals surface area contributed by atoms with E-state index in [0.29, 0.717) is 6.54 Å². The lowest BCUT2D eigenvalue weighted by Crippen LogP contribution is -2.30. The summed E-state index contributed by atoms with van der Waals surface area (Å²) in [5.74, 6) is 0.0305. The van der Waals surface area contributed by atoms with Crippen molar-refractivity contribution in [3.63, 3.8) is 0 Å². The van der Waals surface area contributed by atoms with Gasteiger partial charge in [0.05, 0.1) is 10.3 Å². The van der Waals surface area contributed by atoms with Crippen molar-refractivity contribution >= 4 is 17.7 Å². The molecule has 3 nitrogen and oxygen atoms in total. The number of amides is 1. The van der Waals surface area contributed by atoms with Gasteiger partial charge in [-0.2, -0.15) is 0 Å². The highest BCUT2D eigenvalue weighted by Gasteiger charge is 2.14. The predicted molar refractivity (Wildman–Crippen MR) is 87.3 cm³/mol. The Hall–Kier alpha value is -1.81. The second-order valence-electron chi connectivity index (χ2n) is 5.14. The van der Waals surface area contributed by atoms with Crippen LogP contribution in [0.4, 0.5) is 0 Å². The fraction of sp³-hybridized carbons (Fsp3) is 0.294. The molecule has 0 radical (unpaired) electrons. The van der Waals surface area contributed by atoms with Gasteiger partial charge < -0.3 is 5.32 Å². The first-order chi connectivity index (χ1) is 10.0. The van der Waals surface area contributed by atoms with Gasteiger partial charge in [0.1, 0.15) is 0 Å². The number of rotatable bonds is 5. The van der Waals surface area contributed by atoms with Gasteiger partial charge in [-0.05, 0) is 38.0 Å². The van der Waals surface area contributed by atoms with Gasteiger partial charge in [-0.3, -0.25) is 4.79 Å². The Morgan fingerprint density at radius 3 is 2.43 bits per heavy atom. The number of aryl methyl sites for hydroxylation is 2. The molecule has 1 unspecified atom stereocenters. The predicted octanol–water partition coefficient (Wildman–Crippen LogP) is 3.50. The standard InChI is InChI=1S/C17H20N2OS/c1-12-4-7-15(8-5-12)11-19-17(20)14(3)21-16-9-6-13(2)10-18-16/h4-10,14H,11H2,1-3H3,(H,19,20). The van der Waals surface area contributed by atoms with Crippen LogP contribution in [-0.4, -0.2) is 16.1 Å². The maximum absolute atomic E-state index is 12.1. The molecule has 0 fully saturated rings. The second kappa shape index (κ2) is 7.27. The van der Waals surface area contributed by atoms with E-state index in [9.17, 15) is 4.79 Å². The van der Waals surface area contributed by atoms with E-state index in [1.807, 2.05) is 44.3 Å². The van der Waals surface area contributed by atoms with Crippen LogP contribution in [0, 0.1) is 13.8 Å². The lowest BCUT2D eigenvalue weighted by molar-refractivity contribution is -0.120. The van der Waals surface area contributed by atoms with Crippen molar-refractivity contribution in [3.05, 3.63) is 59.3 Å². The Labute approximate surface area is 130 Å². The molecule has 0 spiro atoms. The van der Waals surface area contributed by atoms with Gasteiger partial charge in [-0.25, -0.2) is 4.98 Å². The van der Waals surface area contributed by atoms with Gasteiger partial charge in [0.15, 0.2) is 0 Å². The fourth-order valence-corrected chi connectivity index (χ4v) is 2.61. The van der Waals surface area contributed by atoms with E-state index < -0.39 is 0 Å². The van der Waals surface area contributed by atoms with Crippen LogP contribution in [0.1, 0.15) is 23.6 Å². The zero-order valence-corrected chi connectivity index (χ0v) is 13.4. The van der Waals surface area contributed by atoms with Gasteiger partial charge in [-0.1, -0.05) is 47.7 Å². The molecule has 0 aliphatic rings. The first kappa shape index (κ1) is 15.6. The Kier molecular flexibility index (Phi) is 5.39. The highest BCUT2D eigenvalue weighted by molar-refractivity contribution is 8.00. The summed E-state index contributed by atoms with van der Waals surface area (Å²) in [4.78, 5) is 16.4. The van der Waals surface area contributed by atoms with Crippen LogP contribution in [0.2, 0.25) is 0 Å². The summed E-state index contributed by atoms with van der Waals surface area (Å²) in [6.07, 6.45) is 1.82. The lowest BCUT2D eigenvalue weighted by Gasteiger charge is -2.11. The highest BCUT2D eigenvalue weighted by Crippen LogP contribution is 2.21. The molecule has 110 valence electrons. The molecule has 0 aliphatic heterocycles. The van der Waals surface area contributed by atoms with E-state index in [1.54, 1.807) is 0 Å². The van der Waals surface area contributed by atoms with E-state index in [4.69, 9.17) is 0 Å². The number of hydrogen-bond acceptors (Lipinski definition) is 3. The molecule has 1 amide bonds. The molecule has 1 heterocycles. The number of hydrogen-bond donors (Lipinski definition) is 1. The Morgan fingerprint density at radius 2 is 1.81 bits per heavy atom. The molecule has 0 saturated heterocycles. The summed E-state index contributed by atoms with van der Waals surface area (Å²) in [6, 6.07) is 12.1. The molecule has 1 atom stereocenters. The zero-order valence-electron chi connectivity index (χ0n) is 12.6. The third-order valence-corrected chi connectivity index (χ3v) is 4.19. The number of nitrogens with one attached hydrogen (secondary N) is 1. The van der Waals surface area contributed by atoms with Crippen molar-refractivity contribution in [2.45, 2.75) is 37.6 Å². The normalized spacial score (nSPS) is 12.0. The van der Waals surface area contributed by atoms with Gasteiger partial charge >= 0.3 is 0 Å². The van der Waals surface area contributed by atoms with E-state index >= 15 is 0 Å². The van der Waals surface area contributed by atoms with Crippen molar-refractivity contribution in [2.24, 2.45) is 0 Å². The van der Waals surface area contributed by atoms with Crippen molar-refractivity contribution in [2.75, 3.05) is 0 Å². The summed E-state index contributed by atoms with van der Waals surface area (Å²) in [7, 11) is 0. The quantitative estimate of drug-likeness (QED) is 0.859. The summed E-state index contributed by atoms with van der Waals surface area (Å²) >= 11 is 1.47. The maximum Gasteiger partial charge on any atom is 0.233 e. The zero-order chi connectivity index (χ0) is 15.2. The highest BCUT2D eigenvalue weighted by atomic mass is 32.2. The Balaban J connectivity index is 1.84. The van der Waals surface area contributed by atoms with E-state index in [2.05, 4.69) is 29.4 Å². The smallest absolute Gasteiger partial charge is 0.233 e. The molecule has 21 heavy (non-hydrogen) atoms.